The summed E-state index contributed by atoms with van der Waals surface area (Å²) in [5, 5.41) is 6.21. The van der Waals surface area contributed by atoms with Gasteiger partial charge in [0.2, 0.25) is 0 Å². The van der Waals surface area contributed by atoms with Crippen molar-refractivity contribution in [2.45, 2.75) is 39.3 Å². The molecule has 2 aromatic carbocycles. The fourth-order valence-corrected chi connectivity index (χ4v) is 2.85. The van der Waals surface area contributed by atoms with E-state index in [1.54, 1.807) is 0 Å². The monoisotopic (exact) mass is 271 g/mol. The van der Waals surface area contributed by atoms with E-state index in [4.69, 9.17) is 4.74 Å². The van der Waals surface area contributed by atoms with Crippen LogP contribution in [0.2, 0.25) is 0 Å². The molecule has 0 aliphatic rings. The van der Waals surface area contributed by atoms with E-state index in [1.807, 2.05) is 0 Å². The summed E-state index contributed by atoms with van der Waals surface area (Å²) in [6, 6.07) is 15.3. The highest BCUT2D eigenvalue weighted by atomic mass is 16.5. The molecular weight excluding hydrogens is 246 g/mol. The van der Waals surface area contributed by atoms with Crippen molar-refractivity contribution in [1.29, 1.82) is 0 Å². The van der Waals surface area contributed by atoms with E-state index in [9.17, 15) is 0 Å². The van der Waals surface area contributed by atoms with Crippen molar-refractivity contribution in [3.05, 3.63) is 48.0 Å². The van der Waals surface area contributed by atoms with Crippen molar-refractivity contribution < 1.29 is 4.74 Å². The summed E-state index contributed by atoms with van der Waals surface area (Å²) in [6.45, 7) is 8.10. The summed E-state index contributed by atoms with van der Waals surface area (Å²) in [6.07, 6.45) is 1.22. The van der Waals surface area contributed by atoms with Gasteiger partial charge in [0.1, 0.15) is 0 Å². The Labute approximate surface area is 122 Å². The molecule has 0 saturated carbocycles. The topological polar surface area (TPSA) is 21.3 Å². The zero-order chi connectivity index (χ0) is 14.4. The predicted molar refractivity (Wildman–Crippen MR) is 86.1 cm³/mol. The van der Waals surface area contributed by atoms with Crippen LogP contribution in [0.4, 0.5) is 0 Å². The standard InChI is InChI=1S/C18H25NO/c1-4-17(20-6-3)18(19-5-2)16-13-9-11-14-10-7-8-12-15(14)16/h7-13,17-19H,4-6H2,1-3H3. The Morgan fingerprint density at radius 3 is 2.45 bits per heavy atom. The molecule has 0 amide bonds. The third kappa shape index (κ3) is 3.20. The molecule has 0 fully saturated rings. The molecule has 108 valence electrons. The Balaban J connectivity index is 2.45. The number of ether oxygens (including phenoxy) is 1. The summed E-state index contributed by atoms with van der Waals surface area (Å²) < 4.78 is 5.95. The van der Waals surface area contributed by atoms with Crippen molar-refractivity contribution in [2.75, 3.05) is 13.2 Å². The Morgan fingerprint density at radius 1 is 1.00 bits per heavy atom. The minimum atomic E-state index is 0.214. The molecule has 0 spiro atoms. The average Bonchev–Trinajstić information content (AvgIpc) is 2.50. The second-order valence-corrected chi connectivity index (χ2v) is 5.01. The lowest BCUT2D eigenvalue weighted by atomic mass is 9.94. The van der Waals surface area contributed by atoms with Crippen LogP contribution < -0.4 is 5.32 Å². The first-order chi connectivity index (χ1) is 9.81. The van der Waals surface area contributed by atoms with Gasteiger partial charge in [0.05, 0.1) is 12.1 Å². The van der Waals surface area contributed by atoms with Gasteiger partial charge in [-0.15, -0.1) is 0 Å². The van der Waals surface area contributed by atoms with Crippen LogP contribution in [-0.4, -0.2) is 19.3 Å². The van der Waals surface area contributed by atoms with Gasteiger partial charge >= 0.3 is 0 Å². The minimum Gasteiger partial charge on any atom is -0.377 e. The molecule has 0 aliphatic heterocycles. The van der Waals surface area contributed by atoms with Gasteiger partial charge < -0.3 is 10.1 Å². The number of nitrogens with one attached hydrogen (secondary N) is 1. The predicted octanol–water partition coefficient (Wildman–Crippen LogP) is 4.31. The molecule has 0 heterocycles. The van der Waals surface area contributed by atoms with Crippen LogP contribution in [0.5, 0.6) is 0 Å². The second-order valence-electron chi connectivity index (χ2n) is 5.01. The quantitative estimate of drug-likeness (QED) is 0.810. The molecule has 20 heavy (non-hydrogen) atoms. The highest BCUT2D eigenvalue weighted by Crippen LogP contribution is 2.28. The van der Waals surface area contributed by atoms with E-state index in [-0.39, 0.29) is 12.1 Å². The van der Waals surface area contributed by atoms with Crippen LogP contribution in [0.15, 0.2) is 42.5 Å². The smallest absolute Gasteiger partial charge is 0.0767 e. The summed E-state index contributed by atoms with van der Waals surface area (Å²) >= 11 is 0. The third-order valence-corrected chi connectivity index (χ3v) is 3.74. The maximum absolute atomic E-state index is 5.95. The van der Waals surface area contributed by atoms with E-state index in [1.165, 1.54) is 16.3 Å². The van der Waals surface area contributed by atoms with Crippen LogP contribution in [0.25, 0.3) is 10.8 Å². The van der Waals surface area contributed by atoms with Crippen LogP contribution >= 0.6 is 0 Å². The van der Waals surface area contributed by atoms with Crippen molar-refractivity contribution in [1.82, 2.24) is 5.32 Å². The third-order valence-electron chi connectivity index (χ3n) is 3.74. The number of rotatable bonds is 7. The Bertz CT molecular complexity index is 532. The highest BCUT2D eigenvalue weighted by molar-refractivity contribution is 5.86. The molecule has 0 radical (unpaired) electrons. The molecule has 2 unspecified atom stereocenters. The Kier molecular flexibility index (Phi) is 5.57. The summed E-state index contributed by atoms with van der Waals surface area (Å²) in [4.78, 5) is 0. The van der Waals surface area contributed by atoms with Crippen LogP contribution in [-0.2, 0) is 4.74 Å². The zero-order valence-corrected chi connectivity index (χ0v) is 12.7. The Morgan fingerprint density at radius 2 is 1.75 bits per heavy atom. The summed E-state index contributed by atoms with van der Waals surface area (Å²) in [5.41, 5.74) is 1.34. The van der Waals surface area contributed by atoms with Gasteiger partial charge in [0.15, 0.2) is 0 Å². The van der Waals surface area contributed by atoms with Gasteiger partial charge in [-0.1, -0.05) is 56.3 Å². The van der Waals surface area contributed by atoms with Crippen molar-refractivity contribution in [3.63, 3.8) is 0 Å². The second kappa shape index (κ2) is 7.41. The van der Waals surface area contributed by atoms with Gasteiger partial charge in [-0.3, -0.25) is 0 Å². The highest BCUT2D eigenvalue weighted by Gasteiger charge is 2.22. The van der Waals surface area contributed by atoms with Crippen LogP contribution in [0, 0.1) is 0 Å². The first-order valence-corrected chi connectivity index (χ1v) is 7.64. The van der Waals surface area contributed by atoms with Gasteiger partial charge in [-0.05, 0) is 36.2 Å². The Hall–Kier alpha value is -1.38. The van der Waals surface area contributed by atoms with Gasteiger partial charge in [0, 0.05) is 6.61 Å². The first kappa shape index (κ1) is 15.0. The molecule has 2 atom stereocenters. The number of benzene rings is 2. The zero-order valence-electron chi connectivity index (χ0n) is 12.7. The normalized spacial score (nSPS) is 14.3. The average molecular weight is 271 g/mol. The van der Waals surface area contributed by atoms with E-state index >= 15 is 0 Å². The lowest BCUT2D eigenvalue weighted by Gasteiger charge is -2.28. The molecule has 0 saturated heterocycles. The van der Waals surface area contributed by atoms with Crippen LogP contribution in [0.1, 0.15) is 38.8 Å². The van der Waals surface area contributed by atoms with E-state index in [0.29, 0.717) is 0 Å². The summed E-state index contributed by atoms with van der Waals surface area (Å²) in [7, 11) is 0. The van der Waals surface area contributed by atoms with Gasteiger partial charge in [-0.2, -0.15) is 0 Å². The minimum absolute atomic E-state index is 0.214. The summed E-state index contributed by atoms with van der Waals surface area (Å²) in [5.74, 6) is 0. The number of fused-ring (bicyclic) bond motifs is 1. The maximum atomic E-state index is 5.95. The number of hydrogen-bond donors (Lipinski definition) is 1. The molecule has 2 nitrogen and oxygen atoms in total. The molecular formula is C18H25NO. The van der Waals surface area contributed by atoms with E-state index in [2.05, 4.69) is 68.6 Å². The SMILES string of the molecule is CCNC(c1cccc2ccccc12)C(CC)OCC. The molecule has 0 bridgehead atoms. The maximum Gasteiger partial charge on any atom is 0.0767 e. The van der Waals surface area contributed by atoms with Crippen molar-refractivity contribution >= 4 is 10.8 Å². The van der Waals surface area contributed by atoms with E-state index in [0.717, 1.165) is 19.6 Å². The molecule has 0 aliphatic carbocycles. The largest absolute Gasteiger partial charge is 0.377 e. The fourth-order valence-electron chi connectivity index (χ4n) is 2.85. The van der Waals surface area contributed by atoms with Gasteiger partial charge in [-0.25, -0.2) is 0 Å². The van der Waals surface area contributed by atoms with Gasteiger partial charge in [0.25, 0.3) is 0 Å². The fraction of sp³-hybridized carbons (Fsp3) is 0.444. The molecule has 0 aromatic heterocycles. The molecule has 1 N–H and O–H groups in total. The van der Waals surface area contributed by atoms with Crippen molar-refractivity contribution in [3.8, 4) is 0 Å². The molecule has 2 rings (SSSR count). The lowest BCUT2D eigenvalue weighted by Crippen LogP contribution is -2.33. The first-order valence-electron chi connectivity index (χ1n) is 7.64. The molecule has 2 heteroatoms. The lowest BCUT2D eigenvalue weighted by molar-refractivity contribution is 0.0322. The number of hydrogen-bond acceptors (Lipinski definition) is 2. The number of likely N-dealkylation sites (N-methyl/N-ethyl adjacent to an activating group) is 1. The van der Waals surface area contributed by atoms with Crippen LogP contribution in [0.3, 0.4) is 0 Å². The molecule has 2 aromatic rings. The van der Waals surface area contributed by atoms with Crippen molar-refractivity contribution in [2.24, 2.45) is 0 Å². The van der Waals surface area contributed by atoms with E-state index < -0.39 is 0 Å².